The van der Waals surface area contributed by atoms with E-state index in [0.717, 1.165) is 36.4 Å². The summed E-state index contributed by atoms with van der Waals surface area (Å²) in [6.45, 7) is 1.78. The Labute approximate surface area is 473 Å². The highest BCUT2D eigenvalue weighted by molar-refractivity contribution is 7.90. The first-order valence-electron chi connectivity index (χ1n) is 23.3. The fourth-order valence-electron chi connectivity index (χ4n) is 7.77. The number of halogens is 10. The van der Waals surface area contributed by atoms with Gasteiger partial charge in [0.1, 0.15) is 28.6 Å². The number of nitrogens with two attached hydrogens (primary N) is 1. The molecule has 0 spiro atoms. The van der Waals surface area contributed by atoms with Crippen molar-refractivity contribution in [1.29, 1.82) is 0 Å². The first-order chi connectivity index (χ1) is 38.0. The van der Waals surface area contributed by atoms with Crippen LogP contribution in [0.15, 0.2) is 71.1 Å². The van der Waals surface area contributed by atoms with Crippen molar-refractivity contribution in [1.82, 2.24) is 32.7 Å². The molecule has 0 fully saturated rings. The van der Waals surface area contributed by atoms with E-state index in [1.807, 2.05) is 13.8 Å². The third kappa shape index (κ3) is 13.5. The minimum absolute atomic E-state index is 0. The summed E-state index contributed by atoms with van der Waals surface area (Å²) in [7, 11) is -6.56. The van der Waals surface area contributed by atoms with E-state index in [2.05, 4.69) is 30.2 Å². The summed E-state index contributed by atoms with van der Waals surface area (Å²) in [6, 6.07) is 9.44. The number of alkyl halides is 6. The normalized spacial score (nSPS) is 14.0. The number of hydrogen-bond acceptors (Lipinski definition) is 17. The lowest BCUT2D eigenvalue weighted by molar-refractivity contribution is -0.0482. The van der Waals surface area contributed by atoms with E-state index in [1.54, 1.807) is 22.7 Å². The Balaban J connectivity index is 0.000000248. The van der Waals surface area contributed by atoms with Gasteiger partial charge < -0.3 is 35.1 Å². The second-order valence-electron chi connectivity index (χ2n) is 16.6. The van der Waals surface area contributed by atoms with E-state index in [0.29, 0.717) is 68.2 Å². The Morgan fingerprint density at radius 1 is 0.659 bits per heavy atom. The van der Waals surface area contributed by atoms with E-state index in [-0.39, 0.29) is 65.0 Å². The molecule has 2 aliphatic heterocycles. The molecule has 0 radical (unpaired) electrons. The second-order valence-corrected chi connectivity index (χ2v) is 21.1. The second kappa shape index (κ2) is 26.1. The molecule has 0 saturated heterocycles. The molecule has 6 aromatic rings. The number of aryl methyl sites for hydroxylation is 2. The standard InChI is InChI=1S/C23H23ClF4N6O5S.C12H14F4N4O3S.C11H11ClN2O3.CH4/c1-4-16-20(32-12-18(38-2)14(24)10-19(32)30-16)21(35)29-11-13-5-6-17(15(25)9-13)33-7-8-34(22(31-33)39-3)40(36,37)23(26,27)28;1-23-11-18-19(10-3-2-8(7-17)6-9(10)13)4-5-20(11)24(21,22)12(14,15)16;1-3-7-10(11(15)16)14-5-8(17-2)6(12)4-9(14)13-7;/h5-6,9-10,12H,4,7-8,11H2,1-3H3,(H,29,35);2-3,6H,4-5,7,17H2,1H3;4-5H,3H2,1-2H3,(H,15,16);1H4. The molecule has 4 aromatic heterocycles. The first kappa shape index (κ1) is 65.2. The predicted molar refractivity (Wildman–Crippen MR) is 285 cm³/mol. The molecule has 82 heavy (non-hydrogen) atoms. The topological polar surface area (TPSA) is 270 Å². The van der Waals surface area contributed by atoms with Gasteiger partial charge in [0.2, 0.25) is 0 Å². The molecule has 1 amide bonds. The molecular weight excluding hydrogens is 1200 g/mol. The van der Waals surface area contributed by atoms with Crippen LogP contribution in [-0.2, 0) is 55.5 Å². The number of aromatic carboxylic acids is 1. The zero-order valence-corrected chi connectivity index (χ0v) is 46.3. The number of carboxylic acids is 1. The van der Waals surface area contributed by atoms with Crippen LogP contribution in [-0.4, -0.2) is 139 Å². The molecule has 0 saturated carbocycles. The SMILES string of the molecule is C.CCc1nc2cc(Cl)c(OC)cn2c1C(=O)NCc1ccc(N2CCN(S(=O)(=O)C(F)(F)F)C(OC)=N2)c(F)c1.CCc1nc2cc(Cl)c(OC)cn2c1C(=O)O.COC1=NN(c2ccc(CN)cc2F)CCN1S(=O)(=O)C(F)(F)F. The number of nitrogens with zero attached hydrogens (tertiary/aromatic N) is 10. The number of benzene rings is 2. The van der Waals surface area contributed by atoms with Crippen LogP contribution in [0.1, 0.15) is 64.8 Å². The Kier molecular flexibility index (Phi) is 20.7. The number of carbonyl (C=O) groups is 2. The van der Waals surface area contributed by atoms with E-state index < -0.39 is 79.7 Å². The minimum atomic E-state index is -5.75. The highest BCUT2D eigenvalue weighted by Crippen LogP contribution is 2.33. The zero-order valence-electron chi connectivity index (χ0n) is 43.1. The Hall–Kier alpha value is -7.62. The van der Waals surface area contributed by atoms with Gasteiger partial charge >= 0.3 is 49.1 Å². The van der Waals surface area contributed by atoms with Gasteiger partial charge in [0.25, 0.3) is 5.91 Å². The van der Waals surface area contributed by atoms with Gasteiger partial charge in [-0.1, -0.05) is 56.6 Å². The fraction of sp³-hybridized carbons (Fsp3) is 0.362. The molecule has 2 aliphatic rings. The average Bonchev–Trinajstić information content (AvgIpc) is 4.03. The summed E-state index contributed by atoms with van der Waals surface area (Å²) in [5.74, 6) is -2.22. The van der Waals surface area contributed by atoms with Crippen LogP contribution in [0.25, 0.3) is 11.3 Å². The Bertz CT molecular complexity index is 3650. The number of imidazole rings is 2. The lowest BCUT2D eigenvalue weighted by Gasteiger charge is -2.32. The molecule has 35 heteroatoms. The minimum Gasteiger partial charge on any atom is -0.494 e. The number of anilines is 2. The number of amidine groups is 2. The fourth-order valence-corrected chi connectivity index (χ4v) is 9.99. The van der Waals surface area contributed by atoms with Gasteiger partial charge in [0, 0.05) is 25.2 Å². The summed E-state index contributed by atoms with van der Waals surface area (Å²) in [6.07, 6.45) is 4.08. The van der Waals surface area contributed by atoms with Crippen molar-refractivity contribution in [2.45, 2.75) is 58.2 Å². The van der Waals surface area contributed by atoms with Gasteiger partial charge in [-0.15, -0.1) is 10.2 Å². The molecular formula is C47H52Cl2F8N12O11S2. The molecule has 0 aliphatic carbocycles. The first-order valence-corrected chi connectivity index (χ1v) is 26.9. The maximum Gasteiger partial charge on any atom is 0.516 e. The highest BCUT2D eigenvalue weighted by Gasteiger charge is 2.54. The van der Waals surface area contributed by atoms with E-state index >= 15 is 4.39 Å². The van der Waals surface area contributed by atoms with Crippen molar-refractivity contribution in [2.75, 3.05) is 64.6 Å². The van der Waals surface area contributed by atoms with E-state index in [9.17, 15) is 62.3 Å². The number of carboxylic acid groups (broad SMARTS) is 1. The lowest BCUT2D eigenvalue weighted by atomic mass is 10.1. The molecule has 6 heterocycles. The summed E-state index contributed by atoms with van der Waals surface area (Å²) < 4.78 is 175. The molecule has 2 aromatic carbocycles. The van der Waals surface area contributed by atoms with Crippen molar-refractivity contribution in [3.63, 3.8) is 0 Å². The summed E-state index contributed by atoms with van der Waals surface area (Å²) in [5.41, 5.74) is -2.54. The quantitative estimate of drug-likeness (QED) is 0.0940. The van der Waals surface area contributed by atoms with Crippen LogP contribution < -0.4 is 30.5 Å². The monoisotopic (exact) mass is 1250 g/mol. The Morgan fingerprint density at radius 3 is 1.43 bits per heavy atom. The Morgan fingerprint density at radius 2 is 1.06 bits per heavy atom. The number of carbonyl (C=O) groups excluding carboxylic acids is 1. The summed E-state index contributed by atoms with van der Waals surface area (Å²) >= 11 is 12.1. The van der Waals surface area contributed by atoms with Crippen molar-refractivity contribution >= 4 is 89.8 Å². The number of methoxy groups -OCH3 is 4. The van der Waals surface area contributed by atoms with Crippen molar-refractivity contribution < 1.29 is 85.6 Å². The van der Waals surface area contributed by atoms with Crippen LogP contribution in [0.3, 0.4) is 0 Å². The number of nitrogens with one attached hydrogen (secondary N) is 1. The molecule has 0 bridgehead atoms. The number of fused-ring (bicyclic) bond motifs is 2. The zero-order chi connectivity index (χ0) is 60.1. The molecule has 4 N–H and O–H groups in total. The largest absolute Gasteiger partial charge is 0.516 e. The van der Waals surface area contributed by atoms with Crippen LogP contribution in [0.5, 0.6) is 11.5 Å². The van der Waals surface area contributed by atoms with Gasteiger partial charge in [-0.05, 0) is 48.2 Å². The van der Waals surface area contributed by atoms with Crippen molar-refractivity contribution in [3.8, 4) is 11.5 Å². The van der Waals surface area contributed by atoms with Gasteiger partial charge in [0.15, 0.2) is 17.2 Å². The van der Waals surface area contributed by atoms with Crippen LogP contribution in [0.4, 0.5) is 46.5 Å². The predicted octanol–water partition coefficient (Wildman–Crippen LogP) is 7.58. The number of hydrazone groups is 2. The van der Waals surface area contributed by atoms with Gasteiger partial charge in [-0.3, -0.25) is 23.6 Å². The van der Waals surface area contributed by atoms with Gasteiger partial charge in [0.05, 0.1) is 99.8 Å². The molecule has 8 rings (SSSR count). The number of amides is 1. The summed E-state index contributed by atoms with van der Waals surface area (Å²) in [4.78, 5) is 33.0. The smallest absolute Gasteiger partial charge is 0.494 e. The van der Waals surface area contributed by atoms with Crippen molar-refractivity contribution in [3.05, 3.63) is 117 Å². The van der Waals surface area contributed by atoms with Crippen molar-refractivity contribution in [2.24, 2.45) is 15.9 Å². The van der Waals surface area contributed by atoms with Crippen LogP contribution >= 0.6 is 23.2 Å². The van der Waals surface area contributed by atoms with Crippen LogP contribution in [0.2, 0.25) is 10.0 Å². The number of rotatable bonds is 13. The third-order valence-electron chi connectivity index (χ3n) is 11.7. The maximum absolute atomic E-state index is 15.0. The average molecular weight is 1250 g/mol. The molecule has 448 valence electrons. The summed E-state index contributed by atoms with van der Waals surface area (Å²) in [5, 5.41) is 22.0. The van der Waals surface area contributed by atoms with Gasteiger partial charge in [-0.25, -0.2) is 32.2 Å². The number of aromatic nitrogens is 4. The van der Waals surface area contributed by atoms with Crippen LogP contribution in [0, 0.1) is 11.6 Å². The van der Waals surface area contributed by atoms with Gasteiger partial charge in [-0.2, -0.15) is 43.2 Å². The molecule has 0 atom stereocenters. The number of ether oxygens (including phenoxy) is 4. The molecule has 0 unspecified atom stereocenters. The third-order valence-corrected chi connectivity index (χ3v) is 15.3. The maximum atomic E-state index is 15.0. The molecule has 23 nitrogen and oxygen atoms in total. The lowest BCUT2D eigenvalue weighted by Crippen LogP contribution is -2.51. The van der Waals surface area contributed by atoms with E-state index in [1.165, 1.54) is 49.1 Å². The number of hydrogen-bond donors (Lipinski definition) is 3. The number of sulfonamides is 2. The highest BCUT2D eigenvalue weighted by atomic mass is 35.5. The van der Waals surface area contributed by atoms with E-state index in [4.69, 9.17) is 43.1 Å². The number of pyridine rings is 2.